The Morgan fingerprint density at radius 2 is 1.75 bits per heavy atom. The average Bonchev–Trinajstić information content (AvgIpc) is 3.48. The number of nitrogens with zero attached hydrogens (tertiary/aromatic N) is 2. The summed E-state index contributed by atoms with van der Waals surface area (Å²) < 4.78 is 11.4. The van der Waals surface area contributed by atoms with Crippen molar-refractivity contribution in [3.63, 3.8) is 0 Å². The number of aliphatic hydroxyl groups is 3. The van der Waals surface area contributed by atoms with Gasteiger partial charge in [-0.3, -0.25) is 4.79 Å². The van der Waals surface area contributed by atoms with Gasteiger partial charge in [-0.15, -0.1) is 0 Å². The Balaban J connectivity index is 1.34. The third-order valence-corrected chi connectivity index (χ3v) is 7.94. The summed E-state index contributed by atoms with van der Waals surface area (Å²) in [6, 6.07) is 16.7. The van der Waals surface area contributed by atoms with Gasteiger partial charge in [-0.1, -0.05) is 25.1 Å². The number of furan rings is 1. The molecule has 2 saturated heterocycles. The number of benzene rings is 2. The Morgan fingerprint density at radius 3 is 2.48 bits per heavy atom. The van der Waals surface area contributed by atoms with Crippen LogP contribution in [0.15, 0.2) is 58.5 Å². The smallest absolute Gasteiger partial charge is 0.262 e. The zero-order valence-electron chi connectivity index (χ0n) is 22.7. The first-order chi connectivity index (χ1) is 19.3. The third-order valence-electron chi connectivity index (χ3n) is 7.94. The summed E-state index contributed by atoms with van der Waals surface area (Å²) in [5.74, 6) is 0.116. The van der Waals surface area contributed by atoms with E-state index in [0.717, 1.165) is 29.4 Å². The van der Waals surface area contributed by atoms with Gasteiger partial charge in [0.15, 0.2) is 6.29 Å². The maximum Gasteiger partial charge on any atom is 0.262 e. The number of amides is 1. The lowest BCUT2D eigenvalue weighted by Crippen LogP contribution is -2.63. The summed E-state index contributed by atoms with van der Waals surface area (Å²) >= 11 is 0. The van der Waals surface area contributed by atoms with Crippen molar-refractivity contribution in [3.05, 3.63) is 59.9 Å². The molecule has 4 N–H and O–H groups in total. The zero-order valence-corrected chi connectivity index (χ0v) is 22.7. The topological polar surface area (TPSA) is 139 Å². The first-order valence-corrected chi connectivity index (χ1v) is 13.8. The van der Waals surface area contributed by atoms with Gasteiger partial charge in [-0.2, -0.15) is 5.26 Å². The minimum absolute atomic E-state index is 0.240. The predicted octanol–water partition coefficient (Wildman–Crippen LogP) is 3.72. The second-order valence-electron chi connectivity index (χ2n) is 10.5. The zero-order chi connectivity index (χ0) is 28.4. The molecule has 9 heteroatoms. The summed E-state index contributed by atoms with van der Waals surface area (Å²) in [6.07, 6.45) is -0.942. The monoisotopic (exact) mass is 545 g/mol. The van der Waals surface area contributed by atoms with E-state index in [9.17, 15) is 25.4 Å². The van der Waals surface area contributed by atoms with E-state index < -0.39 is 36.6 Å². The molecule has 0 bridgehead atoms. The van der Waals surface area contributed by atoms with Gasteiger partial charge in [0.05, 0.1) is 6.10 Å². The molecule has 0 aliphatic carbocycles. The highest BCUT2D eigenvalue weighted by Crippen LogP contribution is 2.32. The lowest BCUT2D eigenvalue weighted by Gasteiger charge is -2.40. The number of fused-ring (bicyclic) bond motifs is 1. The normalized spacial score (nSPS) is 25.8. The van der Waals surface area contributed by atoms with Crippen LogP contribution in [0.2, 0.25) is 0 Å². The number of carbonyl (C=O) groups is 1. The van der Waals surface area contributed by atoms with Crippen LogP contribution < -0.4 is 10.2 Å². The summed E-state index contributed by atoms with van der Waals surface area (Å²) in [7, 11) is 0. The Labute approximate surface area is 233 Å². The fraction of sp³-hybridized carbons (Fsp3) is 0.419. The Bertz CT molecular complexity index is 1450. The molecule has 3 heterocycles. The number of allylic oxidation sites excluding steroid dienone is 1. The van der Waals surface area contributed by atoms with E-state index in [1.165, 1.54) is 24.9 Å². The van der Waals surface area contributed by atoms with E-state index >= 15 is 0 Å². The van der Waals surface area contributed by atoms with Crippen LogP contribution in [0, 0.1) is 11.3 Å². The fourth-order valence-corrected chi connectivity index (χ4v) is 5.52. The summed E-state index contributed by atoms with van der Waals surface area (Å²) in [6.45, 7) is 5.51. The lowest BCUT2D eigenvalue weighted by atomic mass is 9.95. The molecule has 2 fully saturated rings. The molecule has 3 aromatic rings. The molecule has 2 unspecified atom stereocenters. The van der Waals surface area contributed by atoms with Gasteiger partial charge < -0.3 is 34.7 Å². The Kier molecular flexibility index (Phi) is 8.24. The van der Waals surface area contributed by atoms with Crippen molar-refractivity contribution in [2.75, 3.05) is 18.0 Å². The van der Waals surface area contributed by atoms with Crippen LogP contribution in [0.1, 0.15) is 45.3 Å². The number of nitriles is 1. The van der Waals surface area contributed by atoms with Crippen LogP contribution in [0.4, 0.5) is 5.69 Å². The lowest BCUT2D eigenvalue weighted by molar-refractivity contribution is -0.247. The van der Waals surface area contributed by atoms with Crippen molar-refractivity contribution in [1.29, 1.82) is 5.26 Å². The number of hydrogen-bond donors (Lipinski definition) is 4. The number of aliphatic hydroxyl groups excluding tert-OH is 3. The molecule has 5 rings (SSSR count). The van der Waals surface area contributed by atoms with Crippen molar-refractivity contribution in [2.24, 2.45) is 0 Å². The van der Waals surface area contributed by atoms with E-state index in [-0.39, 0.29) is 5.57 Å². The van der Waals surface area contributed by atoms with Gasteiger partial charge in [0.25, 0.3) is 5.91 Å². The van der Waals surface area contributed by atoms with E-state index in [2.05, 4.69) is 40.5 Å². The minimum Gasteiger partial charge on any atom is -0.456 e. The second kappa shape index (κ2) is 11.8. The first-order valence-electron chi connectivity index (χ1n) is 13.8. The molecule has 0 radical (unpaired) electrons. The van der Waals surface area contributed by atoms with Gasteiger partial charge in [-0.05, 0) is 73.7 Å². The molecule has 40 heavy (non-hydrogen) atoms. The number of rotatable bonds is 6. The number of hydrogen-bond acceptors (Lipinski definition) is 8. The second-order valence-corrected chi connectivity index (χ2v) is 10.5. The Morgan fingerprint density at radius 1 is 1.02 bits per heavy atom. The van der Waals surface area contributed by atoms with Crippen LogP contribution in [0.5, 0.6) is 0 Å². The van der Waals surface area contributed by atoms with Gasteiger partial charge in [0.1, 0.15) is 41.4 Å². The average molecular weight is 546 g/mol. The molecule has 2 aliphatic heterocycles. The SMILES string of the molecule is CC[C@H]1OC(O)C(NC(=O)/C(C#N)=C(\C)c2ccc(-c3ccc4cc(N5CCCCC5)ccc4c3)o2)[C@@H](O)[C@@H]1O. The van der Waals surface area contributed by atoms with E-state index in [0.29, 0.717) is 23.5 Å². The molecular weight excluding hydrogens is 510 g/mol. The molecular formula is C31H35N3O6. The van der Waals surface area contributed by atoms with E-state index in [1.54, 1.807) is 26.0 Å². The number of carbonyl (C=O) groups excluding carboxylic acids is 1. The van der Waals surface area contributed by atoms with Gasteiger partial charge in [-0.25, -0.2) is 0 Å². The first kappa shape index (κ1) is 27.9. The largest absolute Gasteiger partial charge is 0.456 e. The number of piperidine rings is 1. The predicted molar refractivity (Wildman–Crippen MR) is 151 cm³/mol. The maximum absolute atomic E-state index is 13.0. The third kappa shape index (κ3) is 5.49. The Hall–Kier alpha value is -3.68. The molecule has 2 aliphatic rings. The summed E-state index contributed by atoms with van der Waals surface area (Å²) in [5.41, 5.74) is 2.16. The van der Waals surface area contributed by atoms with Crippen molar-refractivity contribution in [1.82, 2.24) is 5.32 Å². The highest BCUT2D eigenvalue weighted by molar-refractivity contribution is 6.04. The molecule has 0 spiro atoms. The quantitative estimate of drug-likeness (QED) is 0.272. The van der Waals surface area contributed by atoms with Crippen molar-refractivity contribution in [2.45, 2.75) is 70.2 Å². The standard InChI is InChI=1S/C31H35N3O6/c1-3-24-28(35)29(36)27(31(38)40-24)33-30(37)23(17-32)18(2)25-11-12-26(39-25)21-8-7-20-16-22(10-9-19(20)15-21)34-13-5-4-6-14-34/h7-12,15-16,24,27-29,31,35-36,38H,3-6,13-14H2,1-2H3,(H,33,37)/b23-18+/t24-,27?,28-,29-,31?/m1/s1. The van der Waals surface area contributed by atoms with Crippen LogP contribution in [-0.4, -0.2) is 65.0 Å². The molecule has 9 nitrogen and oxygen atoms in total. The van der Waals surface area contributed by atoms with E-state index in [1.807, 2.05) is 12.1 Å². The van der Waals surface area contributed by atoms with Crippen LogP contribution in [0.3, 0.4) is 0 Å². The molecule has 210 valence electrons. The van der Waals surface area contributed by atoms with Crippen molar-refractivity contribution in [3.8, 4) is 17.4 Å². The van der Waals surface area contributed by atoms with Gasteiger partial charge in [0.2, 0.25) is 0 Å². The van der Waals surface area contributed by atoms with Crippen LogP contribution in [-0.2, 0) is 9.53 Å². The van der Waals surface area contributed by atoms with Crippen LogP contribution >= 0.6 is 0 Å². The van der Waals surface area contributed by atoms with E-state index in [4.69, 9.17) is 9.15 Å². The van der Waals surface area contributed by atoms with Gasteiger partial charge >= 0.3 is 0 Å². The fourth-order valence-electron chi connectivity index (χ4n) is 5.52. The molecule has 1 amide bonds. The molecule has 5 atom stereocenters. The van der Waals surface area contributed by atoms with Crippen molar-refractivity contribution >= 4 is 27.9 Å². The molecule has 1 aromatic heterocycles. The number of ether oxygens (including phenoxy) is 1. The number of anilines is 1. The minimum atomic E-state index is -1.54. The summed E-state index contributed by atoms with van der Waals surface area (Å²) in [5, 5.41) is 45.4. The molecule has 0 saturated carbocycles. The number of nitrogens with one attached hydrogen (secondary N) is 1. The van der Waals surface area contributed by atoms with Crippen molar-refractivity contribution < 1.29 is 29.3 Å². The van der Waals surface area contributed by atoms with Crippen LogP contribution in [0.25, 0.3) is 27.7 Å². The molecule has 2 aromatic carbocycles. The highest BCUT2D eigenvalue weighted by Gasteiger charge is 2.44. The van der Waals surface area contributed by atoms with Gasteiger partial charge in [0, 0.05) is 29.9 Å². The highest BCUT2D eigenvalue weighted by atomic mass is 16.6. The summed E-state index contributed by atoms with van der Waals surface area (Å²) in [4.78, 5) is 15.4. The maximum atomic E-state index is 13.0.